The van der Waals surface area contributed by atoms with Crippen LogP contribution in [0.4, 0.5) is 4.39 Å². The average molecular weight is 235 g/mol. The minimum Gasteiger partial charge on any atom is -0.652 e. The van der Waals surface area contributed by atoms with Gasteiger partial charge in [-0.15, -0.1) is 12.6 Å². The summed E-state index contributed by atoms with van der Waals surface area (Å²) >= 11 is 0. The molecular formula is C15H15FLiN. The maximum absolute atomic E-state index is 12.7. The Labute approximate surface area is 120 Å². The summed E-state index contributed by atoms with van der Waals surface area (Å²) in [5, 5.41) is 4.57. The summed E-state index contributed by atoms with van der Waals surface area (Å²) in [6, 6.07) is 16.8. The van der Waals surface area contributed by atoms with E-state index in [0.29, 0.717) is 6.54 Å². The van der Waals surface area contributed by atoms with E-state index in [1.807, 2.05) is 18.2 Å². The van der Waals surface area contributed by atoms with Gasteiger partial charge in [0.25, 0.3) is 0 Å². The van der Waals surface area contributed by atoms with Crippen LogP contribution in [-0.2, 0) is 6.54 Å². The fraction of sp³-hybridized carbons (Fsp3) is 0.200. The second-order valence-corrected chi connectivity index (χ2v) is 4.05. The maximum Gasteiger partial charge on any atom is 1.00 e. The van der Waals surface area contributed by atoms with E-state index in [1.165, 1.54) is 17.7 Å². The van der Waals surface area contributed by atoms with E-state index < -0.39 is 0 Å². The van der Waals surface area contributed by atoms with E-state index in [9.17, 15) is 4.39 Å². The molecule has 88 valence electrons. The zero-order valence-corrected chi connectivity index (χ0v) is 10.8. The van der Waals surface area contributed by atoms with Gasteiger partial charge in [-0.3, -0.25) is 0 Å². The molecule has 0 aliphatic carbocycles. The van der Waals surface area contributed by atoms with Gasteiger partial charge in [-0.05, 0) is 12.1 Å². The van der Waals surface area contributed by atoms with Gasteiger partial charge in [0.2, 0.25) is 0 Å². The second kappa shape index (κ2) is 7.38. The van der Waals surface area contributed by atoms with Crippen LogP contribution in [0.2, 0.25) is 0 Å². The maximum atomic E-state index is 12.7. The van der Waals surface area contributed by atoms with E-state index in [4.69, 9.17) is 0 Å². The van der Waals surface area contributed by atoms with E-state index in [-0.39, 0.29) is 30.7 Å². The number of rotatable bonds is 4. The van der Waals surface area contributed by atoms with Crippen LogP contribution in [0.15, 0.2) is 54.6 Å². The Morgan fingerprint density at radius 2 is 1.61 bits per heavy atom. The predicted molar refractivity (Wildman–Crippen MR) is 68.3 cm³/mol. The molecule has 0 unspecified atom stereocenters. The van der Waals surface area contributed by atoms with E-state index in [0.717, 1.165) is 5.56 Å². The summed E-state index contributed by atoms with van der Waals surface area (Å²) in [5.41, 5.74) is 2.24. The first kappa shape index (κ1) is 15.0. The zero-order chi connectivity index (χ0) is 12.1. The van der Waals surface area contributed by atoms with Crippen LogP contribution in [-0.4, -0.2) is 0 Å². The molecule has 2 aromatic rings. The number of benzene rings is 2. The Balaban J connectivity index is 0.00000162. The monoisotopic (exact) mass is 235 g/mol. The van der Waals surface area contributed by atoms with E-state index >= 15 is 0 Å². The zero-order valence-electron chi connectivity index (χ0n) is 10.8. The van der Waals surface area contributed by atoms with Gasteiger partial charge in [-0.2, -0.15) is 0 Å². The first-order chi connectivity index (χ1) is 8.25. The molecule has 1 atom stereocenters. The number of nitrogens with zero attached hydrogens (tertiary/aromatic N) is 1. The summed E-state index contributed by atoms with van der Waals surface area (Å²) in [6.45, 7) is 2.69. The van der Waals surface area contributed by atoms with Crippen LogP contribution < -0.4 is 18.9 Å². The number of hydrogen-bond donors (Lipinski definition) is 0. The van der Waals surface area contributed by atoms with Crippen molar-refractivity contribution in [3.63, 3.8) is 0 Å². The van der Waals surface area contributed by atoms with Crippen LogP contribution in [0.3, 0.4) is 0 Å². The molecule has 0 amide bonds. The molecule has 3 heteroatoms. The molecular weight excluding hydrogens is 220 g/mol. The largest absolute Gasteiger partial charge is 1.00 e. The molecule has 0 aliphatic heterocycles. The smallest absolute Gasteiger partial charge is 0.652 e. The van der Waals surface area contributed by atoms with Gasteiger partial charge in [-0.25, -0.2) is 4.39 Å². The van der Waals surface area contributed by atoms with E-state index in [2.05, 4.69) is 24.4 Å². The molecule has 0 radical (unpaired) electrons. The van der Waals surface area contributed by atoms with Crippen LogP contribution in [0.1, 0.15) is 24.1 Å². The van der Waals surface area contributed by atoms with Crippen molar-refractivity contribution in [2.45, 2.75) is 19.5 Å². The molecule has 2 rings (SSSR count). The standard InChI is InChI=1S/C15H15FN.Li/c1-12(14-5-3-2-4-6-14)17-11-13-7-9-15(16)10-8-13;/h2-10,12H,11H2,1H3;/q-1;+1/t12-;/m0./s1. The van der Waals surface area contributed by atoms with Gasteiger partial charge >= 0.3 is 18.9 Å². The molecule has 0 bridgehead atoms. The molecule has 0 saturated carbocycles. The predicted octanol–water partition coefficient (Wildman–Crippen LogP) is 1.46. The molecule has 0 aliphatic rings. The van der Waals surface area contributed by atoms with Gasteiger partial charge in [0.15, 0.2) is 0 Å². The Kier molecular flexibility index (Phi) is 6.15. The molecule has 1 nitrogen and oxygen atoms in total. The summed E-state index contributed by atoms with van der Waals surface area (Å²) in [7, 11) is 0. The molecule has 0 saturated heterocycles. The van der Waals surface area contributed by atoms with Crippen LogP contribution in [0.25, 0.3) is 5.32 Å². The quantitative estimate of drug-likeness (QED) is 0.712. The Morgan fingerprint density at radius 3 is 2.22 bits per heavy atom. The fourth-order valence-corrected chi connectivity index (χ4v) is 1.67. The Bertz CT molecular complexity index is 456. The minimum atomic E-state index is -0.204. The molecule has 0 heterocycles. The Hall–Kier alpha value is -1.07. The summed E-state index contributed by atoms with van der Waals surface area (Å²) in [6.07, 6.45) is 0. The van der Waals surface area contributed by atoms with Crippen molar-refractivity contribution < 1.29 is 23.3 Å². The fourth-order valence-electron chi connectivity index (χ4n) is 1.67. The summed E-state index contributed by atoms with van der Waals surface area (Å²) in [5.74, 6) is -0.204. The van der Waals surface area contributed by atoms with Gasteiger partial charge in [0.1, 0.15) is 5.82 Å². The normalized spacial score (nSPS) is 11.7. The van der Waals surface area contributed by atoms with Gasteiger partial charge in [0, 0.05) is 0 Å². The first-order valence-corrected chi connectivity index (χ1v) is 5.72. The van der Waals surface area contributed by atoms with Crippen molar-refractivity contribution in [3.05, 3.63) is 76.9 Å². The number of halogens is 1. The second-order valence-electron chi connectivity index (χ2n) is 4.05. The van der Waals surface area contributed by atoms with Crippen molar-refractivity contribution >= 4 is 0 Å². The molecule has 0 fully saturated rings. The third-order valence-corrected chi connectivity index (χ3v) is 2.74. The minimum absolute atomic E-state index is 0. The third kappa shape index (κ3) is 4.31. The van der Waals surface area contributed by atoms with Crippen molar-refractivity contribution in [1.82, 2.24) is 0 Å². The average Bonchev–Trinajstić information content (AvgIpc) is 2.39. The number of hydrogen-bond acceptors (Lipinski definition) is 0. The van der Waals surface area contributed by atoms with Gasteiger partial charge < -0.3 is 5.32 Å². The van der Waals surface area contributed by atoms with Crippen LogP contribution in [0, 0.1) is 5.82 Å². The molecule has 0 N–H and O–H groups in total. The summed E-state index contributed by atoms with van der Waals surface area (Å²) < 4.78 is 12.7. The van der Waals surface area contributed by atoms with Crippen LogP contribution >= 0.6 is 0 Å². The van der Waals surface area contributed by atoms with Crippen molar-refractivity contribution in [1.29, 1.82) is 0 Å². The van der Waals surface area contributed by atoms with Gasteiger partial charge in [-0.1, -0.05) is 60.5 Å². The molecule has 18 heavy (non-hydrogen) atoms. The van der Waals surface area contributed by atoms with Gasteiger partial charge in [0.05, 0.1) is 0 Å². The SMILES string of the molecule is C[C@H]([N-]Cc1ccc(F)cc1)c1ccccc1.[Li+]. The molecule has 0 spiro atoms. The first-order valence-electron chi connectivity index (χ1n) is 5.72. The molecule has 0 aromatic heterocycles. The Morgan fingerprint density at radius 1 is 1.00 bits per heavy atom. The third-order valence-electron chi connectivity index (χ3n) is 2.74. The van der Waals surface area contributed by atoms with E-state index in [1.54, 1.807) is 12.1 Å². The van der Waals surface area contributed by atoms with Crippen molar-refractivity contribution in [2.24, 2.45) is 0 Å². The van der Waals surface area contributed by atoms with Crippen LogP contribution in [0.5, 0.6) is 0 Å². The van der Waals surface area contributed by atoms with Crippen molar-refractivity contribution in [3.8, 4) is 0 Å². The molecule has 2 aromatic carbocycles. The van der Waals surface area contributed by atoms with Crippen molar-refractivity contribution in [2.75, 3.05) is 0 Å². The topological polar surface area (TPSA) is 14.1 Å². The summed E-state index contributed by atoms with van der Waals surface area (Å²) in [4.78, 5) is 0.